The van der Waals surface area contributed by atoms with Crippen LogP contribution in [0.4, 0.5) is 0 Å². The van der Waals surface area contributed by atoms with E-state index in [1.807, 2.05) is 0 Å². The van der Waals surface area contributed by atoms with E-state index in [1.54, 1.807) is 12.5 Å². The topological polar surface area (TPSA) is 31.4 Å². The van der Waals surface area contributed by atoms with Gasteiger partial charge < -0.3 is 9.47 Å². The Balaban J connectivity index is 2.15. The van der Waals surface area contributed by atoms with Crippen molar-refractivity contribution in [3.8, 4) is 5.19 Å². The molecule has 0 N–H and O–H groups in total. The van der Waals surface area contributed by atoms with Crippen molar-refractivity contribution in [3.05, 3.63) is 11.6 Å². The summed E-state index contributed by atoms with van der Waals surface area (Å²) in [5, 5.41) is 2.40. The minimum absolute atomic E-state index is 0.553. The summed E-state index contributed by atoms with van der Waals surface area (Å²) in [5.74, 6) is 0. The van der Waals surface area contributed by atoms with Gasteiger partial charge in [0.2, 0.25) is 0 Å². The average molecular weight is 158 g/mol. The van der Waals surface area contributed by atoms with Crippen LogP contribution in [0.2, 0.25) is 0 Å². The highest BCUT2D eigenvalue weighted by molar-refractivity contribution is 7.11. The van der Waals surface area contributed by atoms with E-state index < -0.39 is 0 Å². The highest BCUT2D eigenvalue weighted by atomic mass is 32.1. The zero-order chi connectivity index (χ0) is 7.23. The predicted octanol–water partition coefficient (Wildman–Crippen LogP) is 0.968. The lowest BCUT2D eigenvalue weighted by Gasteiger charge is -1.98. The van der Waals surface area contributed by atoms with E-state index in [-0.39, 0.29) is 0 Å². The van der Waals surface area contributed by atoms with Crippen LogP contribution in [0.3, 0.4) is 0 Å². The molecule has 3 nitrogen and oxygen atoms in total. The Labute approximate surface area is 63.6 Å². The van der Waals surface area contributed by atoms with Crippen molar-refractivity contribution in [2.75, 3.05) is 20.3 Å². The van der Waals surface area contributed by atoms with Gasteiger partial charge in [-0.15, -0.1) is 0 Å². The summed E-state index contributed by atoms with van der Waals surface area (Å²) >= 11 is 1.43. The van der Waals surface area contributed by atoms with E-state index in [0.29, 0.717) is 18.4 Å². The van der Waals surface area contributed by atoms with Gasteiger partial charge in [-0.2, -0.15) is 0 Å². The Morgan fingerprint density at radius 3 is 3.20 bits per heavy atom. The van der Waals surface area contributed by atoms with E-state index in [2.05, 4.69) is 11.2 Å². The minimum atomic E-state index is 0.553. The Bertz CT molecular complexity index is 164. The first-order chi connectivity index (χ1) is 4.93. The molecule has 0 atom stereocenters. The normalized spacial score (nSPS) is 9.70. The summed E-state index contributed by atoms with van der Waals surface area (Å²) in [4.78, 5) is 3.80. The van der Waals surface area contributed by atoms with E-state index in [4.69, 9.17) is 9.47 Å². The van der Waals surface area contributed by atoms with Crippen molar-refractivity contribution in [2.45, 2.75) is 0 Å². The highest BCUT2D eigenvalue weighted by Gasteiger charge is 1.93. The molecule has 0 saturated heterocycles. The van der Waals surface area contributed by atoms with Gasteiger partial charge in [0, 0.05) is 12.5 Å². The number of aromatic nitrogens is 1. The molecular weight excluding hydrogens is 150 g/mol. The van der Waals surface area contributed by atoms with Gasteiger partial charge in [-0.1, -0.05) is 11.3 Å². The number of ether oxygens (including phenoxy) is 2. The van der Waals surface area contributed by atoms with Crippen LogP contribution < -0.4 is 4.74 Å². The molecule has 0 fully saturated rings. The fourth-order valence-electron chi connectivity index (χ4n) is 0.461. The number of methoxy groups -OCH3 is 1. The standard InChI is InChI=1S/C6H8NO2S/c1-8-3-4-9-6-7-2-5-10-6/h5H,3-4H2,1H3. The van der Waals surface area contributed by atoms with E-state index in [1.165, 1.54) is 11.3 Å². The molecule has 0 aliphatic heterocycles. The molecule has 0 aliphatic carbocycles. The first-order valence-corrected chi connectivity index (χ1v) is 3.75. The zero-order valence-corrected chi connectivity index (χ0v) is 6.48. The smallest absolute Gasteiger partial charge is 0.273 e. The van der Waals surface area contributed by atoms with Gasteiger partial charge in [-0.25, -0.2) is 4.98 Å². The molecule has 0 bridgehead atoms. The minimum Gasteiger partial charge on any atom is -0.468 e. The highest BCUT2D eigenvalue weighted by Crippen LogP contribution is 2.12. The molecule has 4 heteroatoms. The Morgan fingerprint density at radius 1 is 1.70 bits per heavy atom. The maximum absolute atomic E-state index is 5.14. The van der Waals surface area contributed by atoms with Crippen molar-refractivity contribution in [3.63, 3.8) is 0 Å². The largest absolute Gasteiger partial charge is 0.468 e. The molecule has 0 amide bonds. The molecule has 1 radical (unpaired) electrons. The number of thiazole rings is 1. The van der Waals surface area contributed by atoms with Gasteiger partial charge in [-0.3, -0.25) is 0 Å². The second kappa shape index (κ2) is 4.24. The lowest BCUT2D eigenvalue weighted by Crippen LogP contribution is -2.03. The van der Waals surface area contributed by atoms with Crippen LogP contribution in [0, 0.1) is 6.20 Å². The molecule has 1 aromatic heterocycles. The van der Waals surface area contributed by atoms with Crippen LogP contribution in [-0.2, 0) is 4.74 Å². The zero-order valence-electron chi connectivity index (χ0n) is 5.66. The van der Waals surface area contributed by atoms with Gasteiger partial charge >= 0.3 is 0 Å². The predicted molar refractivity (Wildman–Crippen MR) is 38.3 cm³/mol. The second-order valence-electron chi connectivity index (χ2n) is 1.58. The summed E-state index contributed by atoms with van der Waals surface area (Å²) in [6, 6.07) is 0. The summed E-state index contributed by atoms with van der Waals surface area (Å²) in [6.07, 6.45) is 2.66. The second-order valence-corrected chi connectivity index (χ2v) is 2.40. The van der Waals surface area contributed by atoms with Crippen LogP contribution in [0.5, 0.6) is 5.19 Å². The van der Waals surface area contributed by atoms with Gasteiger partial charge in [0.15, 0.2) is 0 Å². The summed E-state index contributed by atoms with van der Waals surface area (Å²) in [5.41, 5.74) is 0. The molecule has 0 spiro atoms. The van der Waals surface area contributed by atoms with Crippen molar-refractivity contribution in [1.82, 2.24) is 4.98 Å². The fraction of sp³-hybridized carbons (Fsp3) is 0.500. The number of hydrogen-bond donors (Lipinski definition) is 0. The Hall–Kier alpha value is -0.610. The quantitative estimate of drug-likeness (QED) is 0.612. The lowest BCUT2D eigenvalue weighted by molar-refractivity contribution is 0.146. The van der Waals surface area contributed by atoms with Crippen LogP contribution in [0.15, 0.2) is 5.38 Å². The van der Waals surface area contributed by atoms with Gasteiger partial charge in [0.25, 0.3) is 5.19 Å². The third-order valence-corrected chi connectivity index (χ3v) is 1.52. The first-order valence-electron chi connectivity index (χ1n) is 2.87. The molecule has 0 unspecified atom stereocenters. The number of nitrogens with zero attached hydrogens (tertiary/aromatic N) is 1. The average Bonchev–Trinajstić information content (AvgIpc) is 2.41. The van der Waals surface area contributed by atoms with E-state index >= 15 is 0 Å². The molecule has 10 heavy (non-hydrogen) atoms. The van der Waals surface area contributed by atoms with Gasteiger partial charge in [-0.05, 0) is 0 Å². The molecule has 1 aromatic rings. The molecule has 0 aromatic carbocycles. The van der Waals surface area contributed by atoms with Crippen LogP contribution in [0.25, 0.3) is 0 Å². The third-order valence-electron chi connectivity index (χ3n) is 0.881. The lowest BCUT2D eigenvalue weighted by atomic mass is 10.8. The van der Waals surface area contributed by atoms with E-state index in [0.717, 1.165) is 0 Å². The maximum atomic E-state index is 5.14. The fourth-order valence-corrected chi connectivity index (χ4v) is 0.924. The maximum Gasteiger partial charge on any atom is 0.273 e. The molecule has 1 heterocycles. The molecule has 1 rings (SSSR count). The summed E-state index contributed by atoms with van der Waals surface area (Å²) < 4.78 is 9.92. The van der Waals surface area contributed by atoms with Gasteiger partial charge in [0.1, 0.15) is 12.8 Å². The first kappa shape index (κ1) is 7.50. The van der Waals surface area contributed by atoms with Crippen molar-refractivity contribution in [2.24, 2.45) is 0 Å². The Morgan fingerprint density at radius 2 is 2.60 bits per heavy atom. The third kappa shape index (κ3) is 2.33. The van der Waals surface area contributed by atoms with Crippen molar-refractivity contribution >= 4 is 11.3 Å². The van der Waals surface area contributed by atoms with Crippen molar-refractivity contribution in [1.29, 1.82) is 0 Å². The molecular formula is C6H8NO2S. The summed E-state index contributed by atoms with van der Waals surface area (Å²) in [6.45, 7) is 1.15. The SMILES string of the molecule is COCCOc1n[c]cs1. The number of rotatable bonds is 4. The van der Waals surface area contributed by atoms with Crippen LogP contribution in [0.1, 0.15) is 0 Å². The molecule has 0 saturated carbocycles. The van der Waals surface area contributed by atoms with Crippen LogP contribution in [-0.4, -0.2) is 25.3 Å². The van der Waals surface area contributed by atoms with Gasteiger partial charge in [0.05, 0.1) is 6.61 Å². The molecule has 0 aliphatic rings. The number of hydrogen-bond acceptors (Lipinski definition) is 4. The summed E-state index contributed by atoms with van der Waals surface area (Å²) in [7, 11) is 1.64. The van der Waals surface area contributed by atoms with E-state index in [9.17, 15) is 0 Å². The Kier molecular flexibility index (Phi) is 3.18. The van der Waals surface area contributed by atoms with Crippen molar-refractivity contribution < 1.29 is 9.47 Å². The van der Waals surface area contributed by atoms with Crippen LogP contribution >= 0.6 is 11.3 Å². The molecule has 55 valence electrons. The monoisotopic (exact) mass is 158 g/mol.